The van der Waals surface area contributed by atoms with Gasteiger partial charge in [0, 0.05) is 23.7 Å². The van der Waals surface area contributed by atoms with Crippen LogP contribution in [-0.4, -0.2) is 28.2 Å². The number of rotatable bonds is 5. The fraction of sp³-hybridized carbons (Fsp3) is 0.375. The Morgan fingerprint density at radius 3 is 3.18 bits per heavy atom. The first-order chi connectivity index (χ1) is 10.7. The quantitative estimate of drug-likeness (QED) is 0.889. The van der Waals surface area contributed by atoms with Crippen LogP contribution < -0.4 is 10.1 Å². The molecule has 1 fully saturated rings. The van der Waals surface area contributed by atoms with Crippen LogP contribution in [0.2, 0.25) is 0 Å². The Balaban J connectivity index is 1.59. The SMILES string of the molecule is COc1cccc(CC(=O)Nc2cc([C@H]3C[CH]CC3)[nH]n2)n1. The maximum atomic E-state index is 12.1. The van der Waals surface area contributed by atoms with Gasteiger partial charge in [-0.1, -0.05) is 6.07 Å². The first-order valence-electron chi connectivity index (χ1n) is 7.41. The van der Waals surface area contributed by atoms with E-state index in [-0.39, 0.29) is 12.3 Å². The molecule has 0 aliphatic heterocycles. The molecule has 1 aliphatic carbocycles. The number of aromatic amines is 1. The van der Waals surface area contributed by atoms with E-state index in [1.807, 2.05) is 12.1 Å². The van der Waals surface area contributed by atoms with Crippen LogP contribution in [0.1, 0.15) is 36.6 Å². The average molecular weight is 299 g/mol. The van der Waals surface area contributed by atoms with Crippen molar-refractivity contribution in [3.05, 3.63) is 42.1 Å². The normalized spacial score (nSPS) is 15.0. The summed E-state index contributed by atoms with van der Waals surface area (Å²) in [4.78, 5) is 16.3. The topological polar surface area (TPSA) is 79.9 Å². The zero-order valence-corrected chi connectivity index (χ0v) is 12.5. The molecule has 2 aromatic heterocycles. The molecule has 1 amide bonds. The number of methoxy groups -OCH3 is 1. The van der Waals surface area contributed by atoms with Crippen LogP contribution in [0.15, 0.2) is 24.3 Å². The summed E-state index contributed by atoms with van der Waals surface area (Å²) < 4.78 is 5.05. The van der Waals surface area contributed by atoms with E-state index in [1.54, 1.807) is 19.2 Å². The minimum Gasteiger partial charge on any atom is -0.481 e. The predicted molar refractivity (Wildman–Crippen MR) is 82.6 cm³/mol. The molecule has 1 aliphatic rings. The predicted octanol–water partition coefficient (Wildman–Crippen LogP) is 2.47. The number of pyridine rings is 1. The van der Waals surface area contributed by atoms with E-state index in [0.29, 0.717) is 23.3 Å². The van der Waals surface area contributed by atoms with Gasteiger partial charge < -0.3 is 10.1 Å². The van der Waals surface area contributed by atoms with Gasteiger partial charge in [-0.05, 0) is 31.7 Å². The van der Waals surface area contributed by atoms with Crippen molar-refractivity contribution in [1.29, 1.82) is 0 Å². The maximum Gasteiger partial charge on any atom is 0.231 e. The second-order valence-corrected chi connectivity index (χ2v) is 5.40. The van der Waals surface area contributed by atoms with Gasteiger partial charge in [-0.2, -0.15) is 5.10 Å². The Morgan fingerprint density at radius 2 is 2.41 bits per heavy atom. The van der Waals surface area contributed by atoms with E-state index < -0.39 is 0 Å². The van der Waals surface area contributed by atoms with Crippen LogP contribution in [0.5, 0.6) is 5.88 Å². The van der Waals surface area contributed by atoms with E-state index in [1.165, 1.54) is 0 Å². The highest BCUT2D eigenvalue weighted by atomic mass is 16.5. The molecule has 0 bridgehead atoms. The van der Waals surface area contributed by atoms with Crippen LogP contribution in [0.3, 0.4) is 0 Å². The lowest BCUT2D eigenvalue weighted by Crippen LogP contribution is -2.15. The maximum absolute atomic E-state index is 12.1. The molecule has 2 heterocycles. The number of nitrogens with zero attached hydrogens (tertiary/aromatic N) is 2. The molecule has 6 heteroatoms. The van der Waals surface area contributed by atoms with Crippen LogP contribution in [0.4, 0.5) is 5.82 Å². The molecule has 1 radical (unpaired) electrons. The number of H-pyrrole nitrogens is 1. The highest BCUT2D eigenvalue weighted by Gasteiger charge is 2.19. The van der Waals surface area contributed by atoms with Crippen LogP contribution >= 0.6 is 0 Å². The lowest BCUT2D eigenvalue weighted by molar-refractivity contribution is -0.115. The van der Waals surface area contributed by atoms with Gasteiger partial charge in [-0.3, -0.25) is 9.89 Å². The third-order valence-corrected chi connectivity index (χ3v) is 3.81. The van der Waals surface area contributed by atoms with E-state index in [2.05, 4.69) is 26.9 Å². The van der Waals surface area contributed by atoms with Crippen molar-refractivity contribution in [2.45, 2.75) is 31.6 Å². The van der Waals surface area contributed by atoms with Crippen molar-refractivity contribution in [2.75, 3.05) is 12.4 Å². The molecule has 22 heavy (non-hydrogen) atoms. The fourth-order valence-electron chi connectivity index (χ4n) is 2.67. The van der Waals surface area contributed by atoms with Crippen molar-refractivity contribution >= 4 is 11.7 Å². The van der Waals surface area contributed by atoms with Gasteiger partial charge in [-0.15, -0.1) is 0 Å². The van der Waals surface area contributed by atoms with Gasteiger partial charge in [0.25, 0.3) is 0 Å². The molecule has 0 saturated heterocycles. The van der Waals surface area contributed by atoms with Crippen LogP contribution in [0.25, 0.3) is 0 Å². The number of nitrogens with one attached hydrogen (secondary N) is 2. The number of amides is 1. The Labute approximate surface area is 129 Å². The molecule has 1 saturated carbocycles. The Kier molecular flexibility index (Phi) is 4.37. The van der Waals surface area contributed by atoms with Crippen molar-refractivity contribution in [3.8, 4) is 5.88 Å². The van der Waals surface area contributed by atoms with Gasteiger partial charge in [0.2, 0.25) is 11.8 Å². The van der Waals surface area contributed by atoms with Crippen molar-refractivity contribution < 1.29 is 9.53 Å². The zero-order chi connectivity index (χ0) is 15.4. The number of carbonyl (C=O) groups is 1. The molecule has 2 aromatic rings. The van der Waals surface area contributed by atoms with E-state index in [4.69, 9.17) is 4.74 Å². The third-order valence-electron chi connectivity index (χ3n) is 3.81. The van der Waals surface area contributed by atoms with E-state index in [9.17, 15) is 4.79 Å². The lowest BCUT2D eigenvalue weighted by atomic mass is 10.0. The summed E-state index contributed by atoms with van der Waals surface area (Å²) in [5.74, 6) is 1.43. The van der Waals surface area contributed by atoms with Gasteiger partial charge in [0.15, 0.2) is 5.82 Å². The minimum absolute atomic E-state index is 0.142. The Bertz CT molecular complexity index is 647. The summed E-state index contributed by atoms with van der Waals surface area (Å²) in [6, 6.07) is 7.28. The molecular formula is C16H19N4O2. The average Bonchev–Trinajstić information content (AvgIpc) is 3.18. The molecule has 3 rings (SSSR count). The first kappa shape index (κ1) is 14.6. The standard InChI is InChI=1S/C16H19N4O2/c1-22-16-8-4-7-12(17-16)9-15(21)18-14-10-13(19-20-14)11-5-2-3-6-11/h2,4,7-8,10-11H,3,5-6,9H2,1H3,(H2,18,19,20,21)/t11-/m0/s1. The lowest BCUT2D eigenvalue weighted by Gasteiger charge is -2.04. The third kappa shape index (κ3) is 3.44. The summed E-state index contributed by atoms with van der Waals surface area (Å²) in [5, 5.41) is 9.97. The highest BCUT2D eigenvalue weighted by molar-refractivity contribution is 5.91. The van der Waals surface area contributed by atoms with Crippen LogP contribution in [-0.2, 0) is 11.2 Å². The summed E-state index contributed by atoms with van der Waals surface area (Å²) >= 11 is 0. The van der Waals surface area contributed by atoms with Crippen molar-refractivity contribution in [1.82, 2.24) is 15.2 Å². The molecule has 115 valence electrons. The summed E-state index contributed by atoms with van der Waals surface area (Å²) in [6.07, 6.45) is 5.84. The smallest absolute Gasteiger partial charge is 0.231 e. The summed E-state index contributed by atoms with van der Waals surface area (Å²) in [5.41, 5.74) is 1.75. The molecular weight excluding hydrogens is 280 g/mol. The molecule has 1 atom stereocenters. The molecule has 0 aromatic carbocycles. The van der Waals surface area contributed by atoms with E-state index >= 15 is 0 Å². The zero-order valence-electron chi connectivity index (χ0n) is 12.5. The van der Waals surface area contributed by atoms with Crippen molar-refractivity contribution in [3.63, 3.8) is 0 Å². The number of carbonyl (C=O) groups excluding carboxylic acids is 1. The number of hydrogen-bond donors (Lipinski definition) is 2. The first-order valence-corrected chi connectivity index (χ1v) is 7.41. The van der Waals surface area contributed by atoms with Gasteiger partial charge >= 0.3 is 0 Å². The molecule has 0 spiro atoms. The van der Waals surface area contributed by atoms with Crippen molar-refractivity contribution in [2.24, 2.45) is 0 Å². The summed E-state index contributed by atoms with van der Waals surface area (Å²) in [7, 11) is 1.55. The minimum atomic E-state index is -0.142. The highest BCUT2D eigenvalue weighted by Crippen LogP contribution is 2.32. The second-order valence-electron chi connectivity index (χ2n) is 5.40. The molecule has 2 N–H and O–H groups in total. The molecule has 6 nitrogen and oxygen atoms in total. The van der Waals surface area contributed by atoms with Crippen LogP contribution in [0, 0.1) is 6.42 Å². The Morgan fingerprint density at radius 1 is 1.50 bits per heavy atom. The number of anilines is 1. The largest absolute Gasteiger partial charge is 0.481 e. The van der Waals surface area contributed by atoms with Gasteiger partial charge in [0.05, 0.1) is 19.2 Å². The molecule has 0 unspecified atom stereocenters. The Hall–Kier alpha value is -2.37. The number of aromatic nitrogens is 3. The monoisotopic (exact) mass is 299 g/mol. The summed E-state index contributed by atoms with van der Waals surface area (Å²) in [6.45, 7) is 0. The number of ether oxygens (including phenoxy) is 1. The van der Waals surface area contributed by atoms with E-state index in [0.717, 1.165) is 25.0 Å². The fourth-order valence-corrected chi connectivity index (χ4v) is 2.67. The second kappa shape index (κ2) is 6.60. The number of hydrogen-bond acceptors (Lipinski definition) is 4. The van der Waals surface area contributed by atoms with Gasteiger partial charge in [-0.25, -0.2) is 4.98 Å². The van der Waals surface area contributed by atoms with Gasteiger partial charge in [0.1, 0.15) is 0 Å².